The van der Waals surface area contributed by atoms with Crippen LogP contribution in [0.2, 0.25) is 0 Å². The van der Waals surface area contributed by atoms with Crippen LogP contribution in [0.3, 0.4) is 0 Å². The number of halogens is 6. The molecule has 2 rings (SSSR count). The van der Waals surface area contributed by atoms with Gasteiger partial charge in [0.25, 0.3) is 0 Å². The Balaban J connectivity index is 0.00000200. The maximum atomic E-state index is 13.2. The first-order valence-electron chi connectivity index (χ1n) is 6.20. The quantitative estimate of drug-likeness (QED) is 0.841. The number of alkyl halides is 4. The molecule has 0 aliphatic carbocycles. The molecule has 0 unspecified atom stereocenters. The average Bonchev–Trinajstić information content (AvgIpc) is 2.40. The third-order valence-corrected chi connectivity index (χ3v) is 3.34. The van der Waals surface area contributed by atoms with Crippen LogP contribution in [0.1, 0.15) is 17.2 Å². The Kier molecular flexibility index (Phi) is 8.54. The summed E-state index contributed by atoms with van der Waals surface area (Å²) < 4.78 is 51.2. The minimum Gasteiger partial charge on any atom is -0.314 e. The Morgan fingerprint density at radius 1 is 1.14 bits per heavy atom. The fraction of sp³-hybridized carbons (Fsp3) is 0.538. The second-order valence-electron chi connectivity index (χ2n) is 4.58. The lowest BCUT2D eigenvalue weighted by Crippen LogP contribution is -2.45. The molecule has 0 saturated carbocycles. The van der Waals surface area contributed by atoms with Crippen LogP contribution >= 0.6 is 24.8 Å². The van der Waals surface area contributed by atoms with Crippen molar-refractivity contribution in [2.45, 2.75) is 12.2 Å². The van der Waals surface area contributed by atoms with E-state index in [0.717, 1.165) is 25.2 Å². The van der Waals surface area contributed by atoms with Crippen LogP contribution in [0.5, 0.6) is 0 Å². The van der Waals surface area contributed by atoms with E-state index in [1.54, 1.807) is 6.07 Å². The van der Waals surface area contributed by atoms with Crippen LogP contribution < -0.4 is 5.32 Å². The van der Waals surface area contributed by atoms with E-state index in [1.165, 1.54) is 6.07 Å². The Morgan fingerprint density at radius 2 is 1.76 bits per heavy atom. The van der Waals surface area contributed by atoms with Crippen molar-refractivity contribution >= 4 is 24.8 Å². The molecule has 0 bridgehead atoms. The van der Waals surface area contributed by atoms with Gasteiger partial charge >= 0.3 is 6.18 Å². The topological polar surface area (TPSA) is 15.3 Å². The van der Waals surface area contributed by atoms with Gasteiger partial charge in [0.2, 0.25) is 0 Å². The Bertz CT molecular complexity index is 423. The Morgan fingerprint density at radius 3 is 2.29 bits per heavy atom. The Hall–Kier alpha value is -0.560. The maximum absolute atomic E-state index is 13.2. The molecule has 1 atom stereocenters. The molecule has 1 aliphatic heterocycles. The first kappa shape index (κ1) is 20.4. The van der Waals surface area contributed by atoms with Crippen molar-refractivity contribution in [1.29, 1.82) is 0 Å². The molecule has 0 amide bonds. The van der Waals surface area contributed by atoms with Crippen molar-refractivity contribution in [3.63, 3.8) is 0 Å². The first-order valence-corrected chi connectivity index (χ1v) is 6.20. The molecule has 21 heavy (non-hydrogen) atoms. The van der Waals surface area contributed by atoms with E-state index in [2.05, 4.69) is 5.32 Å². The normalized spacial score (nSPS) is 17.5. The molecule has 2 nitrogen and oxygen atoms in total. The van der Waals surface area contributed by atoms with Gasteiger partial charge < -0.3 is 5.32 Å². The van der Waals surface area contributed by atoms with Gasteiger partial charge in [-0.05, 0) is 17.7 Å². The summed E-state index contributed by atoms with van der Waals surface area (Å²) in [5.74, 6) is 0. The van der Waals surface area contributed by atoms with Gasteiger partial charge in [0.05, 0.1) is 11.6 Å². The van der Waals surface area contributed by atoms with Crippen LogP contribution in [0.4, 0.5) is 17.6 Å². The number of nitrogens with one attached hydrogen (secondary N) is 1. The highest BCUT2D eigenvalue weighted by Crippen LogP contribution is 2.32. The molecule has 1 aromatic rings. The van der Waals surface area contributed by atoms with Gasteiger partial charge in [0.15, 0.2) is 0 Å². The van der Waals surface area contributed by atoms with Crippen molar-refractivity contribution in [3.8, 4) is 0 Å². The summed E-state index contributed by atoms with van der Waals surface area (Å²) in [4.78, 5) is 1.88. The molecule has 1 fully saturated rings. The SMILES string of the molecule is Cl.Cl.FC[C@@H](c1cccc(C(F)(F)F)c1)N1CCNCC1. The fourth-order valence-corrected chi connectivity index (χ4v) is 2.31. The third-order valence-electron chi connectivity index (χ3n) is 3.34. The second kappa shape index (κ2) is 8.78. The van der Waals surface area contributed by atoms with Crippen LogP contribution in [-0.4, -0.2) is 37.8 Å². The number of nitrogens with zero attached hydrogens (tertiary/aromatic N) is 1. The first-order chi connectivity index (χ1) is 9.02. The van der Waals surface area contributed by atoms with Crippen molar-refractivity contribution < 1.29 is 17.6 Å². The number of hydrogen-bond donors (Lipinski definition) is 1. The van der Waals surface area contributed by atoms with Crippen LogP contribution in [0.25, 0.3) is 0 Å². The standard InChI is InChI=1S/C13H16F4N2.2ClH/c14-9-12(19-6-4-18-5-7-19)10-2-1-3-11(8-10)13(15,16)17;;/h1-3,8,12,18H,4-7,9H2;2*1H/t12-;;/m0../s1. The summed E-state index contributed by atoms with van der Waals surface area (Å²) in [6.45, 7) is 2.07. The monoisotopic (exact) mass is 348 g/mol. The number of rotatable bonds is 3. The zero-order valence-electron chi connectivity index (χ0n) is 11.2. The molecule has 1 heterocycles. The number of piperazine rings is 1. The highest BCUT2D eigenvalue weighted by atomic mass is 35.5. The smallest absolute Gasteiger partial charge is 0.314 e. The van der Waals surface area contributed by atoms with Crippen molar-refractivity contribution in [1.82, 2.24) is 10.2 Å². The molecule has 1 aliphatic rings. The highest BCUT2D eigenvalue weighted by Gasteiger charge is 2.31. The molecule has 1 saturated heterocycles. The molecule has 0 spiro atoms. The predicted octanol–water partition coefficient (Wildman–Crippen LogP) is 3.46. The predicted molar refractivity (Wildman–Crippen MR) is 79.1 cm³/mol. The lowest BCUT2D eigenvalue weighted by molar-refractivity contribution is -0.137. The molecule has 1 aromatic carbocycles. The zero-order chi connectivity index (χ0) is 13.9. The Labute approximate surface area is 133 Å². The van der Waals surface area contributed by atoms with Gasteiger partial charge in [0, 0.05) is 26.2 Å². The zero-order valence-corrected chi connectivity index (χ0v) is 12.8. The van der Waals surface area contributed by atoms with E-state index in [9.17, 15) is 17.6 Å². The van der Waals surface area contributed by atoms with Gasteiger partial charge in [0.1, 0.15) is 6.67 Å². The minimum atomic E-state index is -4.39. The second-order valence-corrected chi connectivity index (χ2v) is 4.58. The molecular formula is C13H18Cl2F4N2. The largest absolute Gasteiger partial charge is 0.416 e. The maximum Gasteiger partial charge on any atom is 0.416 e. The van der Waals surface area contributed by atoms with Gasteiger partial charge in [-0.25, -0.2) is 4.39 Å². The van der Waals surface area contributed by atoms with Crippen LogP contribution in [0.15, 0.2) is 24.3 Å². The molecular weight excluding hydrogens is 331 g/mol. The minimum absolute atomic E-state index is 0. The average molecular weight is 349 g/mol. The van der Waals surface area contributed by atoms with Crippen molar-refractivity contribution in [2.24, 2.45) is 0 Å². The van der Waals surface area contributed by atoms with E-state index >= 15 is 0 Å². The van der Waals surface area contributed by atoms with Crippen molar-refractivity contribution in [3.05, 3.63) is 35.4 Å². The summed E-state index contributed by atoms with van der Waals surface area (Å²) in [6, 6.07) is 4.36. The summed E-state index contributed by atoms with van der Waals surface area (Å²) in [7, 11) is 0. The molecule has 1 N–H and O–H groups in total. The summed E-state index contributed by atoms with van der Waals surface area (Å²) in [6.07, 6.45) is -4.39. The van der Waals surface area contributed by atoms with Gasteiger partial charge in [-0.2, -0.15) is 13.2 Å². The van der Waals surface area contributed by atoms with E-state index in [1.807, 2.05) is 4.90 Å². The third kappa shape index (κ3) is 5.29. The number of benzene rings is 1. The lowest BCUT2D eigenvalue weighted by atomic mass is 10.0. The molecule has 8 heteroatoms. The van der Waals surface area contributed by atoms with Crippen LogP contribution in [0, 0.1) is 0 Å². The fourth-order valence-electron chi connectivity index (χ4n) is 2.31. The molecule has 0 radical (unpaired) electrons. The van der Waals surface area contributed by atoms with Crippen LogP contribution in [-0.2, 0) is 6.18 Å². The summed E-state index contributed by atoms with van der Waals surface area (Å²) in [5, 5.41) is 3.14. The molecule has 122 valence electrons. The van der Waals surface area contributed by atoms with Gasteiger partial charge in [-0.3, -0.25) is 4.90 Å². The van der Waals surface area contributed by atoms with E-state index in [4.69, 9.17) is 0 Å². The van der Waals surface area contributed by atoms with E-state index in [-0.39, 0.29) is 24.8 Å². The van der Waals surface area contributed by atoms with Crippen molar-refractivity contribution in [2.75, 3.05) is 32.9 Å². The van der Waals surface area contributed by atoms with E-state index in [0.29, 0.717) is 18.7 Å². The molecule has 0 aromatic heterocycles. The summed E-state index contributed by atoms with van der Waals surface area (Å²) >= 11 is 0. The summed E-state index contributed by atoms with van der Waals surface area (Å²) in [5.41, 5.74) is -0.335. The lowest BCUT2D eigenvalue weighted by Gasteiger charge is -2.33. The van der Waals surface area contributed by atoms with Gasteiger partial charge in [-0.15, -0.1) is 24.8 Å². The van der Waals surface area contributed by atoms with E-state index < -0.39 is 24.5 Å². The highest BCUT2D eigenvalue weighted by molar-refractivity contribution is 5.85. The van der Waals surface area contributed by atoms with Gasteiger partial charge in [-0.1, -0.05) is 12.1 Å². The number of hydrogen-bond acceptors (Lipinski definition) is 2.